The number of carbonyl (C=O) groups is 2. The summed E-state index contributed by atoms with van der Waals surface area (Å²) < 4.78 is 0.713. The molecule has 7 heteroatoms. The Labute approximate surface area is 173 Å². The summed E-state index contributed by atoms with van der Waals surface area (Å²) in [6.45, 7) is 2.41. The van der Waals surface area contributed by atoms with E-state index < -0.39 is 0 Å². The zero-order valence-corrected chi connectivity index (χ0v) is 16.7. The van der Waals surface area contributed by atoms with E-state index in [0.29, 0.717) is 27.6 Å². The first-order valence-electron chi connectivity index (χ1n) is 9.06. The van der Waals surface area contributed by atoms with E-state index in [1.165, 1.54) is 6.20 Å². The second kappa shape index (κ2) is 9.75. The third-order valence-electron chi connectivity index (χ3n) is 4.16. The molecule has 0 saturated heterocycles. The van der Waals surface area contributed by atoms with Crippen molar-refractivity contribution in [1.82, 2.24) is 5.32 Å². The molecule has 0 aliphatic rings. The predicted octanol–water partition coefficient (Wildman–Crippen LogP) is 3.29. The van der Waals surface area contributed by atoms with E-state index in [-0.39, 0.29) is 17.6 Å². The standard InChI is InChI=1S/C22H21N3O3S/c1-16-9-11-17(12-10-16)14-23-22(27)18-6-2-3-7-19(18)24-20(26)15-29-21-8-4-5-13-25(21)28/h2-13H,14-15H2,1H3,(H,23,27)(H,24,26). The molecule has 2 N–H and O–H groups in total. The van der Waals surface area contributed by atoms with Gasteiger partial charge in [-0.25, -0.2) is 0 Å². The lowest BCUT2D eigenvalue weighted by atomic mass is 10.1. The average Bonchev–Trinajstić information content (AvgIpc) is 2.73. The summed E-state index contributed by atoms with van der Waals surface area (Å²) in [4.78, 5) is 24.9. The molecule has 29 heavy (non-hydrogen) atoms. The van der Waals surface area contributed by atoms with E-state index in [9.17, 15) is 14.8 Å². The Kier molecular flexibility index (Phi) is 6.86. The number of para-hydroxylation sites is 1. The molecule has 3 aromatic rings. The van der Waals surface area contributed by atoms with Gasteiger partial charge in [0, 0.05) is 18.7 Å². The highest BCUT2D eigenvalue weighted by atomic mass is 32.2. The largest absolute Gasteiger partial charge is 0.618 e. The summed E-state index contributed by atoms with van der Waals surface area (Å²) in [7, 11) is 0. The van der Waals surface area contributed by atoms with Crippen molar-refractivity contribution in [2.75, 3.05) is 11.1 Å². The van der Waals surface area contributed by atoms with Crippen molar-refractivity contribution in [1.29, 1.82) is 0 Å². The number of anilines is 1. The summed E-state index contributed by atoms with van der Waals surface area (Å²) in [6.07, 6.45) is 1.38. The van der Waals surface area contributed by atoms with Crippen LogP contribution in [-0.2, 0) is 11.3 Å². The van der Waals surface area contributed by atoms with E-state index in [0.717, 1.165) is 22.9 Å². The maximum Gasteiger partial charge on any atom is 0.253 e. The highest BCUT2D eigenvalue weighted by Gasteiger charge is 2.14. The molecule has 0 aliphatic carbocycles. The summed E-state index contributed by atoms with van der Waals surface area (Å²) >= 11 is 1.14. The zero-order valence-electron chi connectivity index (χ0n) is 15.9. The van der Waals surface area contributed by atoms with Crippen molar-refractivity contribution < 1.29 is 14.3 Å². The number of thioether (sulfide) groups is 1. The van der Waals surface area contributed by atoms with Gasteiger partial charge in [0.15, 0.2) is 6.20 Å². The van der Waals surface area contributed by atoms with Crippen LogP contribution in [0.4, 0.5) is 5.69 Å². The number of hydrogen-bond donors (Lipinski definition) is 2. The topological polar surface area (TPSA) is 85.1 Å². The van der Waals surface area contributed by atoms with Gasteiger partial charge in [-0.2, -0.15) is 4.73 Å². The van der Waals surface area contributed by atoms with Crippen LogP contribution in [0.25, 0.3) is 0 Å². The number of rotatable bonds is 7. The zero-order chi connectivity index (χ0) is 20.6. The second-order valence-electron chi connectivity index (χ2n) is 6.42. The van der Waals surface area contributed by atoms with Crippen molar-refractivity contribution in [3.05, 3.63) is 94.8 Å². The van der Waals surface area contributed by atoms with Crippen LogP contribution < -0.4 is 15.4 Å². The van der Waals surface area contributed by atoms with Crippen LogP contribution in [0.2, 0.25) is 0 Å². The molecule has 0 atom stereocenters. The number of nitrogens with one attached hydrogen (secondary N) is 2. The van der Waals surface area contributed by atoms with Gasteiger partial charge in [0.1, 0.15) is 0 Å². The van der Waals surface area contributed by atoms with E-state index in [1.54, 1.807) is 42.5 Å². The van der Waals surface area contributed by atoms with E-state index in [4.69, 9.17) is 0 Å². The fraction of sp³-hybridized carbons (Fsp3) is 0.136. The Hall–Kier alpha value is -3.32. The SMILES string of the molecule is Cc1ccc(CNC(=O)c2ccccc2NC(=O)CSc2cccc[n+]2[O-])cc1. The van der Waals surface area contributed by atoms with Gasteiger partial charge in [-0.3, -0.25) is 9.59 Å². The number of benzene rings is 2. The summed E-state index contributed by atoms with van der Waals surface area (Å²) in [6, 6.07) is 19.8. The van der Waals surface area contributed by atoms with Crippen molar-refractivity contribution in [2.45, 2.75) is 18.5 Å². The van der Waals surface area contributed by atoms with Crippen molar-refractivity contribution in [2.24, 2.45) is 0 Å². The predicted molar refractivity (Wildman–Crippen MR) is 114 cm³/mol. The van der Waals surface area contributed by atoms with Gasteiger partial charge in [-0.05, 0) is 42.4 Å². The maximum atomic E-state index is 12.6. The quantitative estimate of drug-likeness (QED) is 0.358. The molecular weight excluding hydrogens is 386 g/mol. The van der Waals surface area contributed by atoms with Crippen LogP contribution in [-0.4, -0.2) is 17.6 Å². The number of nitrogens with zero attached hydrogens (tertiary/aromatic N) is 1. The summed E-state index contributed by atoms with van der Waals surface area (Å²) in [5, 5.41) is 17.7. The Balaban J connectivity index is 1.60. The number of hydrogen-bond acceptors (Lipinski definition) is 4. The van der Waals surface area contributed by atoms with Gasteiger partial charge in [0.25, 0.3) is 10.9 Å². The van der Waals surface area contributed by atoms with Crippen LogP contribution in [0.3, 0.4) is 0 Å². The third-order valence-corrected chi connectivity index (χ3v) is 5.18. The minimum atomic E-state index is -0.294. The number of aromatic nitrogens is 1. The molecule has 0 saturated carbocycles. The van der Waals surface area contributed by atoms with E-state index in [1.807, 2.05) is 31.2 Å². The van der Waals surface area contributed by atoms with Gasteiger partial charge in [0.2, 0.25) is 5.91 Å². The molecule has 2 aromatic carbocycles. The minimum absolute atomic E-state index is 0.0611. The average molecular weight is 407 g/mol. The first kappa shape index (κ1) is 20.4. The van der Waals surface area contributed by atoms with Crippen molar-refractivity contribution >= 4 is 29.3 Å². The maximum absolute atomic E-state index is 12.6. The van der Waals surface area contributed by atoms with Crippen LogP contribution >= 0.6 is 11.8 Å². The molecule has 0 fully saturated rings. The highest BCUT2D eigenvalue weighted by Crippen LogP contribution is 2.17. The van der Waals surface area contributed by atoms with Crippen LogP contribution in [0.1, 0.15) is 21.5 Å². The summed E-state index contributed by atoms with van der Waals surface area (Å²) in [5.74, 6) is -0.502. The highest BCUT2D eigenvalue weighted by molar-refractivity contribution is 7.99. The summed E-state index contributed by atoms with van der Waals surface area (Å²) in [5.41, 5.74) is 2.97. The number of pyridine rings is 1. The molecule has 0 radical (unpaired) electrons. The Morgan fingerprint density at radius 3 is 2.48 bits per heavy atom. The van der Waals surface area contributed by atoms with E-state index in [2.05, 4.69) is 10.6 Å². The third kappa shape index (κ3) is 5.83. The van der Waals surface area contributed by atoms with Gasteiger partial charge in [0.05, 0.1) is 17.0 Å². The molecule has 1 aromatic heterocycles. The fourth-order valence-electron chi connectivity index (χ4n) is 2.62. The van der Waals surface area contributed by atoms with Gasteiger partial charge in [-0.1, -0.05) is 42.0 Å². The molecule has 0 aliphatic heterocycles. The molecule has 6 nitrogen and oxygen atoms in total. The van der Waals surface area contributed by atoms with Gasteiger partial charge >= 0.3 is 0 Å². The number of carbonyl (C=O) groups excluding carboxylic acids is 2. The molecule has 0 unspecified atom stereocenters. The van der Waals surface area contributed by atoms with Crippen LogP contribution in [0.5, 0.6) is 0 Å². The lowest BCUT2D eigenvalue weighted by Crippen LogP contribution is -2.28. The Morgan fingerprint density at radius 1 is 1.00 bits per heavy atom. The smallest absolute Gasteiger partial charge is 0.253 e. The molecule has 148 valence electrons. The van der Waals surface area contributed by atoms with Gasteiger partial charge in [-0.15, -0.1) is 0 Å². The Bertz CT molecular complexity index is 1010. The molecule has 0 spiro atoms. The second-order valence-corrected chi connectivity index (χ2v) is 7.41. The van der Waals surface area contributed by atoms with Crippen LogP contribution in [0, 0.1) is 12.1 Å². The number of aryl methyl sites for hydroxylation is 1. The molecule has 1 heterocycles. The van der Waals surface area contributed by atoms with Crippen LogP contribution in [0.15, 0.2) is 78.0 Å². The normalized spacial score (nSPS) is 10.4. The van der Waals surface area contributed by atoms with E-state index >= 15 is 0 Å². The molecule has 2 amide bonds. The lowest BCUT2D eigenvalue weighted by molar-refractivity contribution is -0.645. The Morgan fingerprint density at radius 2 is 1.72 bits per heavy atom. The molecule has 3 rings (SSSR count). The molecular formula is C22H21N3O3S. The van der Waals surface area contributed by atoms with Crippen molar-refractivity contribution in [3.63, 3.8) is 0 Å². The molecule has 0 bridgehead atoms. The first-order valence-corrected chi connectivity index (χ1v) is 10.0. The first-order chi connectivity index (χ1) is 14.0. The fourth-order valence-corrected chi connectivity index (χ4v) is 3.34. The monoisotopic (exact) mass is 407 g/mol. The van der Waals surface area contributed by atoms with Gasteiger partial charge < -0.3 is 15.8 Å². The number of amides is 2. The lowest BCUT2D eigenvalue weighted by Gasteiger charge is -2.11. The minimum Gasteiger partial charge on any atom is -0.618 e. The van der Waals surface area contributed by atoms with Crippen molar-refractivity contribution in [3.8, 4) is 0 Å².